The van der Waals surface area contributed by atoms with Crippen molar-refractivity contribution < 1.29 is 0 Å². The number of alkyl halides is 1. The Labute approximate surface area is 87.8 Å². The van der Waals surface area contributed by atoms with Crippen LogP contribution >= 0.6 is 11.6 Å². The summed E-state index contributed by atoms with van der Waals surface area (Å²) in [6.45, 7) is 1.90. The summed E-state index contributed by atoms with van der Waals surface area (Å²) < 4.78 is 0. The molecule has 0 saturated heterocycles. The highest BCUT2D eigenvalue weighted by Crippen LogP contribution is 2.16. The van der Waals surface area contributed by atoms with E-state index in [2.05, 4.69) is 11.1 Å². The van der Waals surface area contributed by atoms with Crippen LogP contribution in [0.3, 0.4) is 0 Å². The molecule has 0 aromatic heterocycles. The summed E-state index contributed by atoms with van der Waals surface area (Å²) in [6, 6.07) is 7.36. The Kier molecular flexibility index (Phi) is 3.49. The molecule has 3 nitrogen and oxygen atoms in total. The molecule has 1 aromatic carbocycles. The van der Waals surface area contributed by atoms with Gasteiger partial charge in [-0.25, -0.2) is 4.99 Å². The molecular weight excluding hydrogens is 198 g/mol. The average molecular weight is 208 g/mol. The van der Waals surface area contributed by atoms with Crippen molar-refractivity contribution in [3.63, 3.8) is 0 Å². The van der Waals surface area contributed by atoms with Gasteiger partial charge in [-0.15, -0.1) is 11.6 Å². The second-order valence-electron chi connectivity index (χ2n) is 2.91. The molecule has 0 amide bonds. The molecule has 0 saturated carbocycles. The van der Waals surface area contributed by atoms with Gasteiger partial charge in [0.1, 0.15) is 5.84 Å². The minimum absolute atomic E-state index is 0.190. The fraction of sp³-hybridized carbons (Fsp3) is 0.200. The number of hydrogen-bond acceptors (Lipinski definition) is 2. The number of nitriles is 1. The smallest absolute Gasteiger partial charge is 0.115 e. The van der Waals surface area contributed by atoms with Gasteiger partial charge < -0.3 is 5.73 Å². The van der Waals surface area contributed by atoms with Gasteiger partial charge in [-0.1, -0.05) is 0 Å². The van der Waals surface area contributed by atoms with Crippen molar-refractivity contribution in [3.8, 4) is 6.07 Å². The van der Waals surface area contributed by atoms with Gasteiger partial charge in [0.05, 0.1) is 23.2 Å². The monoisotopic (exact) mass is 207 g/mol. The molecule has 2 N–H and O–H groups in total. The van der Waals surface area contributed by atoms with Gasteiger partial charge in [-0.3, -0.25) is 0 Å². The van der Waals surface area contributed by atoms with Gasteiger partial charge in [0.15, 0.2) is 0 Å². The summed E-state index contributed by atoms with van der Waals surface area (Å²) in [6.07, 6.45) is 0. The first-order valence-electron chi connectivity index (χ1n) is 4.06. The molecule has 1 rings (SSSR count). The van der Waals surface area contributed by atoms with Gasteiger partial charge >= 0.3 is 0 Å². The summed E-state index contributed by atoms with van der Waals surface area (Å²) >= 11 is 5.49. The van der Waals surface area contributed by atoms with Crippen molar-refractivity contribution in [1.29, 1.82) is 5.26 Å². The molecule has 0 spiro atoms. The average Bonchev–Trinajstić information content (AvgIpc) is 2.16. The minimum atomic E-state index is 0.190. The van der Waals surface area contributed by atoms with Crippen LogP contribution in [0.15, 0.2) is 23.2 Å². The lowest BCUT2D eigenvalue weighted by atomic mass is 10.1. The van der Waals surface area contributed by atoms with Crippen molar-refractivity contribution in [1.82, 2.24) is 0 Å². The van der Waals surface area contributed by atoms with E-state index in [1.165, 1.54) is 0 Å². The Morgan fingerprint density at radius 2 is 2.29 bits per heavy atom. The van der Waals surface area contributed by atoms with Crippen LogP contribution in [0.4, 0.5) is 5.69 Å². The first kappa shape index (κ1) is 10.6. The predicted octanol–water partition coefficient (Wildman–Crippen LogP) is 2.09. The van der Waals surface area contributed by atoms with Crippen LogP contribution in [-0.4, -0.2) is 11.7 Å². The van der Waals surface area contributed by atoms with Crippen molar-refractivity contribution >= 4 is 23.1 Å². The van der Waals surface area contributed by atoms with E-state index in [4.69, 9.17) is 22.6 Å². The number of nitrogens with zero attached hydrogens (tertiary/aromatic N) is 2. The second-order valence-corrected chi connectivity index (χ2v) is 3.17. The highest BCUT2D eigenvalue weighted by atomic mass is 35.5. The van der Waals surface area contributed by atoms with Crippen LogP contribution < -0.4 is 5.73 Å². The van der Waals surface area contributed by atoms with E-state index in [1.807, 2.05) is 13.0 Å². The molecule has 0 aliphatic carbocycles. The first-order valence-corrected chi connectivity index (χ1v) is 4.60. The van der Waals surface area contributed by atoms with Crippen LogP contribution in [0.2, 0.25) is 0 Å². The lowest BCUT2D eigenvalue weighted by Crippen LogP contribution is -2.12. The zero-order valence-electron chi connectivity index (χ0n) is 7.79. The van der Waals surface area contributed by atoms with E-state index in [9.17, 15) is 0 Å². The lowest BCUT2D eigenvalue weighted by Gasteiger charge is -1.99. The number of amidine groups is 1. The normalized spacial score (nSPS) is 11.1. The maximum Gasteiger partial charge on any atom is 0.115 e. The maximum atomic E-state index is 8.72. The third kappa shape index (κ3) is 2.75. The quantitative estimate of drug-likeness (QED) is 0.459. The molecule has 1 aromatic rings. The molecule has 0 aliphatic rings. The van der Waals surface area contributed by atoms with Crippen molar-refractivity contribution in [2.45, 2.75) is 6.92 Å². The minimum Gasteiger partial charge on any atom is -0.386 e. The van der Waals surface area contributed by atoms with Crippen LogP contribution in [0.5, 0.6) is 0 Å². The Hall–Kier alpha value is -1.53. The fourth-order valence-corrected chi connectivity index (χ4v) is 1.15. The summed E-state index contributed by atoms with van der Waals surface area (Å²) in [7, 11) is 0. The summed E-state index contributed by atoms with van der Waals surface area (Å²) in [5.41, 5.74) is 7.70. The third-order valence-corrected chi connectivity index (χ3v) is 1.87. The van der Waals surface area contributed by atoms with Crippen LogP contribution in [0.1, 0.15) is 11.1 Å². The Bertz CT molecular complexity index is 404. The van der Waals surface area contributed by atoms with E-state index >= 15 is 0 Å². The number of aryl methyl sites for hydroxylation is 1. The van der Waals surface area contributed by atoms with Gasteiger partial charge in [-0.05, 0) is 30.7 Å². The number of aliphatic imine (C=N–C) groups is 1. The molecule has 14 heavy (non-hydrogen) atoms. The third-order valence-electron chi connectivity index (χ3n) is 1.60. The molecule has 0 radical (unpaired) electrons. The van der Waals surface area contributed by atoms with Gasteiger partial charge in [0, 0.05) is 0 Å². The highest BCUT2D eigenvalue weighted by molar-refractivity contribution is 6.28. The van der Waals surface area contributed by atoms with Crippen molar-refractivity contribution in [3.05, 3.63) is 29.3 Å². The van der Waals surface area contributed by atoms with Gasteiger partial charge in [-0.2, -0.15) is 5.26 Å². The summed E-state index contributed by atoms with van der Waals surface area (Å²) in [4.78, 5) is 4.06. The molecular formula is C10H10ClN3. The first-order chi connectivity index (χ1) is 6.65. The predicted molar refractivity (Wildman–Crippen MR) is 57.9 cm³/mol. The van der Waals surface area contributed by atoms with E-state index in [0.29, 0.717) is 17.1 Å². The van der Waals surface area contributed by atoms with Gasteiger partial charge in [0.25, 0.3) is 0 Å². The zero-order valence-corrected chi connectivity index (χ0v) is 8.54. The SMILES string of the molecule is Cc1cc(C#N)cc(N=C(N)CCl)c1. The Balaban J connectivity index is 3.11. The number of benzene rings is 1. The lowest BCUT2D eigenvalue weighted by molar-refractivity contribution is 1.37. The number of nitrogens with two attached hydrogens (primary N) is 1. The molecule has 0 aliphatic heterocycles. The van der Waals surface area contributed by atoms with E-state index < -0.39 is 0 Å². The molecule has 0 heterocycles. The van der Waals surface area contributed by atoms with Crippen LogP contribution in [0.25, 0.3) is 0 Å². The number of rotatable bonds is 2. The van der Waals surface area contributed by atoms with Crippen LogP contribution in [-0.2, 0) is 0 Å². The van der Waals surface area contributed by atoms with Crippen molar-refractivity contribution in [2.75, 3.05) is 5.88 Å². The molecule has 0 fully saturated rings. The Morgan fingerprint density at radius 1 is 1.57 bits per heavy atom. The van der Waals surface area contributed by atoms with E-state index in [0.717, 1.165) is 5.56 Å². The zero-order chi connectivity index (χ0) is 10.6. The number of hydrogen-bond donors (Lipinski definition) is 1. The standard InChI is InChI=1S/C10H10ClN3/c1-7-2-8(6-12)4-9(3-7)14-10(13)5-11/h2-4H,5H2,1H3,(H2,13,14). The molecule has 4 heteroatoms. The van der Waals surface area contributed by atoms with Gasteiger partial charge in [0.2, 0.25) is 0 Å². The molecule has 0 unspecified atom stereocenters. The maximum absolute atomic E-state index is 8.72. The molecule has 0 atom stereocenters. The molecule has 72 valence electrons. The second kappa shape index (κ2) is 4.64. The largest absolute Gasteiger partial charge is 0.386 e. The van der Waals surface area contributed by atoms with E-state index in [1.54, 1.807) is 12.1 Å². The summed E-state index contributed by atoms with van der Waals surface area (Å²) in [5.74, 6) is 0.539. The fourth-order valence-electron chi connectivity index (χ4n) is 1.09. The van der Waals surface area contributed by atoms with E-state index in [-0.39, 0.29) is 5.88 Å². The number of halogens is 1. The topological polar surface area (TPSA) is 62.2 Å². The Morgan fingerprint density at radius 3 is 2.86 bits per heavy atom. The van der Waals surface area contributed by atoms with Crippen molar-refractivity contribution in [2.24, 2.45) is 10.7 Å². The highest BCUT2D eigenvalue weighted by Gasteiger charge is 1.97. The molecule has 0 bridgehead atoms. The van der Waals surface area contributed by atoms with Crippen LogP contribution in [0, 0.1) is 18.3 Å². The summed E-state index contributed by atoms with van der Waals surface area (Å²) in [5, 5.41) is 8.72.